The van der Waals surface area contributed by atoms with E-state index in [1.54, 1.807) is 0 Å². The van der Waals surface area contributed by atoms with E-state index in [9.17, 15) is 9.59 Å². The van der Waals surface area contributed by atoms with Crippen LogP contribution in [0.4, 0.5) is 0 Å². The Bertz CT molecular complexity index is 135. The fraction of sp³-hybridized carbons (Fsp3) is 0.333. The molecule has 0 amide bonds. The van der Waals surface area contributed by atoms with Crippen molar-refractivity contribution in [3.8, 4) is 0 Å². The van der Waals surface area contributed by atoms with Crippen molar-refractivity contribution < 1.29 is 40.5 Å². The van der Waals surface area contributed by atoms with E-state index < -0.39 is 11.9 Å². The Hall–Kier alpha value is -0.632. The van der Waals surface area contributed by atoms with Crippen molar-refractivity contribution in [3.63, 3.8) is 0 Å². The summed E-state index contributed by atoms with van der Waals surface area (Å²) in [5.41, 5.74) is 0. The van der Waals surface area contributed by atoms with Crippen LogP contribution in [0.5, 0.6) is 0 Å². The van der Waals surface area contributed by atoms with Gasteiger partial charge in [-0.2, -0.15) is 0 Å². The Morgan fingerprint density at radius 3 is 2.36 bits per heavy atom. The Labute approximate surface area is 79.2 Å². The molecule has 0 aromatic carbocycles. The normalized spacial score (nSPS) is 7.36. The van der Waals surface area contributed by atoms with Crippen LogP contribution in [0.1, 0.15) is 6.42 Å². The van der Waals surface area contributed by atoms with Crippen LogP contribution >= 0.6 is 0 Å². The molecule has 0 bridgehead atoms. The molecule has 0 atom stereocenters. The third-order valence-electron chi connectivity index (χ3n) is 0.778. The van der Waals surface area contributed by atoms with E-state index in [0.29, 0.717) is 0 Å². The molecule has 0 aliphatic carbocycles. The van der Waals surface area contributed by atoms with Crippen molar-refractivity contribution in [2.45, 2.75) is 6.42 Å². The monoisotopic (exact) mass is 328 g/mol. The van der Waals surface area contributed by atoms with Crippen molar-refractivity contribution >= 4 is 11.9 Å². The summed E-state index contributed by atoms with van der Waals surface area (Å²) in [6, 6.07) is 0. The molecule has 0 radical (unpaired) electrons. The van der Waals surface area contributed by atoms with Crippen molar-refractivity contribution in [2.24, 2.45) is 0 Å². The van der Waals surface area contributed by atoms with Crippen molar-refractivity contribution in [1.29, 1.82) is 0 Å². The molecule has 11 heavy (non-hydrogen) atoms. The van der Waals surface area contributed by atoms with Gasteiger partial charge in [-0.3, -0.25) is 16.0 Å². The number of hydrogen-bond donors (Lipinski definition) is 1. The summed E-state index contributed by atoms with van der Waals surface area (Å²) in [5.74, 6) is -1.56. The SMILES string of the molecule is COC(=O)[CH-]C[CH-]C(=O)O.[W+2]. The van der Waals surface area contributed by atoms with Gasteiger partial charge in [0.15, 0.2) is 11.9 Å². The van der Waals surface area contributed by atoms with Crippen LogP contribution in [0.3, 0.4) is 0 Å². The van der Waals surface area contributed by atoms with Gasteiger partial charge in [0.25, 0.3) is 0 Å². The van der Waals surface area contributed by atoms with E-state index in [4.69, 9.17) is 5.11 Å². The molecule has 4 nitrogen and oxygen atoms in total. The summed E-state index contributed by atoms with van der Waals surface area (Å²) >= 11 is 0. The van der Waals surface area contributed by atoms with Crippen LogP contribution in [-0.2, 0) is 35.4 Å². The predicted molar refractivity (Wildman–Crippen MR) is 32.9 cm³/mol. The summed E-state index contributed by atoms with van der Waals surface area (Å²) in [5, 5.41) is 8.07. The molecule has 0 aromatic heterocycles. The van der Waals surface area contributed by atoms with E-state index in [1.165, 1.54) is 7.11 Å². The van der Waals surface area contributed by atoms with Crippen LogP contribution in [0.25, 0.3) is 0 Å². The summed E-state index contributed by atoms with van der Waals surface area (Å²) in [6.07, 6.45) is 2.22. The zero-order valence-corrected chi connectivity index (χ0v) is 8.88. The average Bonchev–Trinajstić information content (AvgIpc) is 1.87. The quantitative estimate of drug-likeness (QED) is 0.585. The minimum atomic E-state index is -1.04. The molecule has 0 saturated carbocycles. The van der Waals surface area contributed by atoms with Gasteiger partial charge in [-0.05, 0) is 0 Å². The van der Waals surface area contributed by atoms with E-state index in [2.05, 4.69) is 4.74 Å². The standard InChI is InChI=1S/C6H8O4.W/c1-10-6(9)4-2-3-5(7)8;/h3-4H,2H2,1H3,(H,7,8);/q-2;+2. The number of carbonyl (C=O) groups is 2. The Morgan fingerprint density at radius 2 is 2.00 bits per heavy atom. The van der Waals surface area contributed by atoms with Gasteiger partial charge in [0.2, 0.25) is 0 Å². The van der Waals surface area contributed by atoms with Crippen molar-refractivity contribution in [2.75, 3.05) is 7.11 Å². The Kier molecular flexibility index (Phi) is 8.83. The first kappa shape index (κ1) is 13.0. The molecule has 0 fully saturated rings. The molecule has 0 aliphatic rings. The fourth-order valence-corrected chi connectivity index (χ4v) is 0.339. The molecule has 0 aromatic rings. The number of aliphatic carboxylic acids is 1. The Balaban J connectivity index is 0. The first-order valence-electron chi connectivity index (χ1n) is 2.64. The second-order valence-electron chi connectivity index (χ2n) is 1.51. The molecule has 0 saturated heterocycles. The third-order valence-corrected chi connectivity index (χ3v) is 0.778. The number of carboxylic acids is 1. The number of carbonyl (C=O) groups excluding carboxylic acids is 1. The van der Waals surface area contributed by atoms with Gasteiger partial charge >= 0.3 is 21.1 Å². The van der Waals surface area contributed by atoms with Gasteiger partial charge in [-0.1, -0.05) is 0 Å². The van der Waals surface area contributed by atoms with Crippen LogP contribution in [0, 0.1) is 12.8 Å². The number of methoxy groups -OCH3 is 1. The van der Waals surface area contributed by atoms with Crippen LogP contribution in [0.2, 0.25) is 0 Å². The molecule has 0 rings (SSSR count). The number of ether oxygens (including phenoxy) is 1. The fourth-order valence-electron chi connectivity index (χ4n) is 0.339. The number of rotatable bonds is 4. The number of carboxylic acid groups (broad SMARTS) is 1. The van der Waals surface area contributed by atoms with E-state index in [-0.39, 0.29) is 27.5 Å². The largest absolute Gasteiger partial charge is 2.00 e. The number of hydrogen-bond acceptors (Lipinski definition) is 3. The molecule has 0 aliphatic heterocycles. The smallest absolute Gasteiger partial charge is 0.503 e. The summed E-state index contributed by atoms with van der Waals surface area (Å²) in [6.45, 7) is 0. The minimum absolute atomic E-state index is 0. The maximum atomic E-state index is 10.3. The van der Waals surface area contributed by atoms with Crippen LogP contribution in [0.15, 0.2) is 0 Å². The molecule has 0 unspecified atom stereocenters. The molecular weight excluding hydrogens is 320 g/mol. The third kappa shape index (κ3) is 9.37. The van der Waals surface area contributed by atoms with Gasteiger partial charge in [0.05, 0.1) is 7.11 Å². The maximum Gasteiger partial charge on any atom is 2.00 e. The Morgan fingerprint density at radius 1 is 1.45 bits per heavy atom. The van der Waals surface area contributed by atoms with E-state index >= 15 is 0 Å². The topological polar surface area (TPSA) is 63.6 Å². The zero-order chi connectivity index (χ0) is 7.98. The predicted octanol–water partition coefficient (Wildman–Crippen LogP) is 0.0402. The second kappa shape index (κ2) is 7.48. The second-order valence-corrected chi connectivity index (χ2v) is 1.51. The molecule has 1 N–H and O–H groups in total. The maximum absolute atomic E-state index is 10.3. The number of esters is 1. The van der Waals surface area contributed by atoms with Crippen LogP contribution < -0.4 is 0 Å². The zero-order valence-electron chi connectivity index (χ0n) is 5.94. The van der Waals surface area contributed by atoms with Gasteiger partial charge in [-0.25, -0.2) is 0 Å². The molecule has 62 valence electrons. The molecule has 0 heterocycles. The molecule has 5 heteroatoms. The van der Waals surface area contributed by atoms with Crippen molar-refractivity contribution in [3.05, 3.63) is 12.8 Å². The summed E-state index contributed by atoms with van der Waals surface area (Å²) < 4.78 is 4.22. The van der Waals surface area contributed by atoms with E-state index in [0.717, 1.165) is 12.8 Å². The molecule has 0 spiro atoms. The summed E-state index contributed by atoms with van der Waals surface area (Å²) in [7, 11) is 1.24. The summed E-state index contributed by atoms with van der Waals surface area (Å²) in [4.78, 5) is 20.1. The van der Waals surface area contributed by atoms with Crippen LogP contribution in [-0.4, -0.2) is 24.2 Å². The van der Waals surface area contributed by atoms with Gasteiger partial charge in [-0.15, -0.1) is 0 Å². The van der Waals surface area contributed by atoms with Gasteiger partial charge < -0.3 is 22.7 Å². The first-order valence-corrected chi connectivity index (χ1v) is 2.64. The van der Waals surface area contributed by atoms with Gasteiger partial charge in [0, 0.05) is 0 Å². The average molecular weight is 328 g/mol. The first-order chi connectivity index (χ1) is 4.66. The van der Waals surface area contributed by atoms with Gasteiger partial charge in [0.1, 0.15) is 0 Å². The molecular formula is C6H8O4W. The minimum Gasteiger partial charge on any atom is -0.503 e. The van der Waals surface area contributed by atoms with E-state index in [1.807, 2.05) is 0 Å². The van der Waals surface area contributed by atoms with Crippen molar-refractivity contribution in [1.82, 2.24) is 0 Å².